The number of hydrogen-bond donors (Lipinski definition) is 0. The number of carbonyl (C=O) groups is 1. The first-order chi connectivity index (χ1) is 23.2. The summed E-state index contributed by atoms with van der Waals surface area (Å²) in [5.74, 6) is 0.955. The Morgan fingerprint density at radius 3 is 1.19 bits per heavy atom. The lowest BCUT2D eigenvalue weighted by Crippen LogP contribution is -2.05. The Kier molecular flexibility index (Phi) is 40.7. The minimum atomic E-state index is 0.0189. The summed E-state index contributed by atoms with van der Waals surface area (Å²) in [6, 6.07) is 0. The molecule has 2 nitrogen and oxygen atoms in total. The molecular formula is C45H88O2. The van der Waals surface area contributed by atoms with Crippen LogP contribution < -0.4 is 0 Å². The number of esters is 1. The van der Waals surface area contributed by atoms with Crippen LogP contribution in [0, 0.1) is 5.92 Å². The number of carbonyl (C=O) groups excluding carboxylic acids is 1. The van der Waals surface area contributed by atoms with E-state index in [1.807, 2.05) is 0 Å². The van der Waals surface area contributed by atoms with Crippen molar-refractivity contribution in [1.29, 1.82) is 0 Å². The molecule has 0 aliphatic rings. The predicted octanol–water partition coefficient (Wildman–Crippen LogP) is 16.2. The van der Waals surface area contributed by atoms with Gasteiger partial charge in [0.15, 0.2) is 0 Å². The molecule has 280 valence electrons. The van der Waals surface area contributed by atoms with Crippen molar-refractivity contribution in [3.63, 3.8) is 0 Å². The van der Waals surface area contributed by atoms with Gasteiger partial charge in [0.2, 0.25) is 0 Å². The van der Waals surface area contributed by atoms with Crippen molar-refractivity contribution in [2.45, 2.75) is 258 Å². The smallest absolute Gasteiger partial charge is 0.305 e. The average Bonchev–Trinajstić information content (AvgIpc) is 3.08. The van der Waals surface area contributed by atoms with Crippen LogP contribution in [0.4, 0.5) is 0 Å². The van der Waals surface area contributed by atoms with Gasteiger partial charge in [-0.3, -0.25) is 4.79 Å². The van der Waals surface area contributed by atoms with Crippen LogP contribution in [0.5, 0.6) is 0 Å². The lowest BCUT2D eigenvalue weighted by atomic mass is 9.99. The zero-order valence-electron chi connectivity index (χ0n) is 32.9. The molecule has 0 bridgehead atoms. The Balaban J connectivity index is 3.16. The highest BCUT2D eigenvalue weighted by molar-refractivity contribution is 5.69. The summed E-state index contributed by atoms with van der Waals surface area (Å²) in [6.07, 6.45) is 54.5. The Hall–Kier alpha value is -0.790. The highest BCUT2D eigenvalue weighted by Crippen LogP contribution is 2.17. The third kappa shape index (κ3) is 41.3. The van der Waals surface area contributed by atoms with Crippen LogP contribution in [-0.4, -0.2) is 12.6 Å². The van der Waals surface area contributed by atoms with E-state index in [4.69, 9.17) is 4.74 Å². The molecule has 0 aromatic rings. The monoisotopic (exact) mass is 661 g/mol. The molecule has 47 heavy (non-hydrogen) atoms. The molecule has 1 atom stereocenters. The van der Waals surface area contributed by atoms with Crippen molar-refractivity contribution in [1.82, 2.24) is 0 Å². The van der Waals surface area contributed by atoms with Gasteiger partial charge in [0.05, 0.1) is 6.61 Å². The summed E-state index contributed by atoms with van der Waals surface area (Å²) in [5, 5.41) is 0. The van der Waals surface area contributed by atoms with Crippen molar-refractivity contribution in [3.8, 4) is 0 Å². The molecule has 0 N–H and O–H groups in total. The Bertz CT molecular complexity index is 611. The highest BCUT2D eigenvalue weighted by atomic mass is 16.5. The van der Waals surface area contributed by atoms with Gasteiger partial charge in [-0.05, 0) is 44.4 Å². The van der Waals surface area contributed by atoms with E-state index >= 15 is 0 Å². The van der Waals surface area contributed by atoms with Crippen LogP contribution in [0.1, 0.15) is 258 Å². The Labute approximate surface area is 297 Å². The summed E-state index contributed by atoms with van der Waals surface area (Å²) in [6.45, 7) is 7.62. The molecule has 0 rings (SSSR count). The van der Waals surface area contributed by atoms with Gasteiger partial charge in [-0.2, -0.15) is 0 Å². The van der Waals surface area contributed by atoms with Gasteiger partial charge in [0, 0.05) is 6.42 Å². The van der Waals surface area contributed by atoms with E-state index in [0.717, 1.165) is 25.2 Å². The SMILES string of the molecule is CCCCCC/C=C\CCCCCCCC(=O)OCCCCCCCCCCCCCCCCCCCCCCCCCC(C)CC. The van der Waals surface area contributed by atoms with Crippen LogP contribution >= 0.6 is 0 Å². The third-order valence-corrected chi connectivity index (χ3v) is 10.4. The lowest BCUT2D eigenvalue weighted by Gasteiger charge is -2.07. The van der Waals surface area contributed by atoms with E-state index in [2.05, 4.69) is 32.9 Å². The van der Waals surface area contributed by atoms with Crippen molar-refractivity contribution in [3.05, 3.63) is 12.2 Å². The zero-order chi connectivity index (χ0) is 34.1. The molecule has 2 heteroatoms. The first-order valence-corrected chi connectivity index (χ1v) is 22.0. The minimum absolute atomic E-state index is 0.0189. The molecule has 0 fully saturated rings. The Morgan fingerprint density at radius 1 is 0.447 bits per heavy atom. The van der Waals surface area contributed by atoms with Crippen molar-refractivity contribution < 1.29 is 9.53 Å². The standard InChI is InChI=1S/C45H88O2/c1-4-6-7-8-9-10-11-23-27-30-33-36-39-42-45(46)47-43-40-37-34-31-28-25-22-20-18-16-14-12-13-15-17-19-21-24-26-29-32-35-38-41-44(3)5-2/h10-11,44H,4-9,12-43H2,1-3H3/b11-10-. The quantitative estimate of drug-likeness (QED) is 0.0371. The maximum atomic E-state index is 12.0. The van der Waals surface area contributed by atoms with Crippen LogP contribution in [0.2, 0.25) is 0 Å². The second-order valence-electron chi connectivity index (χ2n) is 15.3. The van der Waals surface area contributed by atoms with Crippen LogP contribution in [-0.2, 0) is 9.53 Å². The van der Waals surface area contributed by atoms with E-state index in [1.165, 1.54) is 212 Å². The summed E-state index contributed by atoms with van der Waals surface area (Å²) >= 11 is 0. The molecule has 0 spiro atoms. The number of unbranched alkanes of at least 4 members (excludes halogenated alkanes) is 31. The molecule has 0 aliphatic heterocycles. The number of rotatable bonds is 40. The molecule has 0 radical (unpaired) electrons. The van der Waals surface area contributed by atoms with Gasteiger partial charge in [0.25, 0.3) is 0 Å². The normalized spacial score (nSPS) is 12.3. The molecular weight excluding hydrogens is 572 g/mol. The fraction of sp³-hybridized carbons (Fsp3) is 0.933. The van der Waals surface area contributed by atoms with Crippen molar-refractivity contribution >= 4 is 5.97 Å². The van der Waals surface area contributed by atoms with Gasteiger partial charge in [-0.25, -0.2) is 0 Å². The van der Waals surface area contributed by atoms with Crippen LogP contribution in [0.15, 0.2) is 12.2 Å². The molecule has 0 aliphatic carbocycles. The van der Waals surface area contributed by atoms with Gasteiger partial charge in [-0.1, -0.05) is 226 Å². The largest absolute Gasteiger partial charge is 0.466 e. The average molecular weight is 661 g/mol. The topological polar surface area (TPSA) is 26.3 Å². The molecule has 1 unspecified atom stereocenters. The Morgan fingerprint density at radius 2 is 0.787 bits per heavy atom. The van der Waals surface area contributed by atoms with Crippen LogP contribution in [0.3, 0.4) is 0 Å². The van der Waals surface area contributed by atoms with Crippen molar-refractivity contribution in [2.24, 2.45) is 5.92 Å². The van der Waals surface area contributed by atoms with E-state index < -0.39 is 0 Å². The van der Waals surface area contributed by atoms with Crippen LogP contribution in [0.25, 0.3) is 0 Å². The first kappa shape index (κ1) is 46.2. The van der Waals surface area contributed by atoms with Gasteiger partial charge < -0.3 is 4.74 Å². The molecule has 0 amide bonds. The summed E-state index contributed by atoms with van der Waals surface area (Å²) in [4.78, 5) is 12.0. The molecule has 0 aromatic heterocycles. The predicted molar refractivity (Wildman–Crippen MR) is 211 cm³/mol. The van der Waals surface area contributed by atoms with Gasteiger partial charge in [0.1, 0.15) is 0 Å². The second-order valence-corrected chi connectivity index (χ2v) is 15.3. The number of allylic oxidation sites excluding steroid dienone is 2. The van der Waals surface area contributed by atoms with E-state index in [0.29, 0.717) is 13.0 Å². The lowest BCUT2D eigenvalue weighted by molar-refractivity contribution is -0.143. The third-order valence-electron chi connectivity index (χ3n) is 10.4. The fourth-order valence-corrected chi connectivity index (χ4v) is 6.76. The number of ether oxygens (including phenoxy) is 1. The minimum Gasteiger partial charge on any atom is -0.466 e. The first-order valence-electron chi connectivity index (χ1n) is 22.0. The van der Waals surface area contributed by atoms with E-state index in [-0.39, 0.29) is 5.97 Å². The van der Waals surface area contributed by atoms with Crippen molar-refractivity contribution in [2.75, 3.05) is 6.61 Å². The van der Waals surface area contributed by atoms with Gasteiger partial charge in [-0.15, -0.1) is 0 Å². The molecule has 0 aromatic carbocycles. The molecule has 0 saturated carbocycles. The molecule has 0 heterocycles. The highest BCUT2D eigenvalue weighted by Gasteiger charge is 2.03. The molecule has 0 saturated heterocycles. The fourth-order valence-electron chi connectivity index (χ4n) is 6.76. The van der Waals surface area contributed by atoms with E-state index in [1.54, 1.807) is 0 Å². The number of hydrogen-bond acceptors (Lipinski definition) is 2. The maximum Gasteiger partial charge on any atom is 0.305 e. The summed E-state index contributed by atoms with van der Waals surface area (Å²) in [5.41, 5.74) is 0. The zero-order valence-corrected chi connectivity index (χ0v) is 32.9. The summed E-state index contributed by atoms with van der Waals surface area (Å²) in [7, 11) is 0. The maximum absolute atomic E-state index is 12.0. The van der Waals surface area contributed by atoms with Gasteiger partial charge >= 0.3 is 5.97 Å². The summed E-state index contributed by atoms with van der Waals surface area (Å²) < 4.78 is 5.46. The second kappa shape index (κ2) is 41.4. The van der Waals surface area contributed by atoms with E-state index in [9.17, 15) is 4.79 Å².